The van der Waals surface area contributed by atoms with Crippen molar-refractivity contribution in [2.75, 3.05) is 19.7 Å². The van der Waals surface area contributed by atoms with E-state index in [-0.39, 0.29) is 11.6 Å². The van der Waals surface area contributed by atoms with Crippen LogP contribution in [0.2, 0.25) is 0 Å². The van der Waals surface area contributed by atoms with E-state index in [4.69, 9.17) is 4.74 Å². The van der Waals surface area contributed by atoms with Gasteiger partial charge in [0.15, 0.2) is 5.03 Å². The van der Waals surface area contributed by atoms with Crippen LogP contribution in [0.1, 0.15) is 29.0 Å². The average Bonchev–Trinajstić information content (AvgIpc) is 3.21. The predicted octanol–water partition coefficient (Wildman–Crippen LogP) is 2.69. The molecule has 3 heterocycles. The lowest BCUT2D eigenvalue weighted by atomic mass is 9.81. The van der Waals surface area contributed by atoms with Crippen molar-refractivity contribution >= 4 is 10.0 Å². The van der Waals surface area contributed by atoms with Crippen molar-refractivity contribution < 1.29 is 13.2 Å². The van der Waals surface area contributed by atoms with Crippen molar-refractivity contribution in [1.82, 2.24) is 19.2 Å². The molecule has 168 valence electrons. The number of nitrogens with zero attached hydrogens (tertiary/aromatic N) is 3. The van der Waals surface area contributed by atoms with E-state index in [1.54, 1.807) is 11.6 Å². The SMILES string of the molecule is Cn1cnc(S(=O)(=O)NCc2ccc3c(c2)C(Cc2ccccc2)C(N2CCC2)CO3)c1. The van der Waals surface area contributed by atoms with Crippen LogP contribution in [0, 0.1) is 0 Å². The minimum atomic E-state index is -3.66. The molecular weight excluding hydrogens is 424 g/mol. The topological polar surface area (TPSA) is 76.5 Å². The van der Waals surface area contributed by atoms with Crippen molar-refractivity contribution in [2.24, 2.45) is 7.05 Å². The Bertz CT molecular complexity index is 1190. The van der Waals surface area contributed by atoms with E-state index in [1.807, 2.05) is 18.2 Å². The Kier molecular flexibility index (Phi) is 5.75. The van der Waals surface area contributed by atoms with E-state index in [0.29, 0.717) is 18.6 Å². The molecule has 1 aromatic heterocycles. The molecule has 0 saturated carbocycles. The number of aromatic nitrogens is 2. The Labute approximate surface area is 189 Å². The van der Waals surface area contributed by atoms with Crippen molar-refractivity contribution in [3.8, 4) is 5.75 Å². The lowest BCUT2D eigenvalue weighted by molar-refractivity contribution is 0.0501. The summed E-state index contributed by atoms with van der Waals surface area (Å²) in [5.41, 5.74) is 3.37. The molecule has 2 atom stereocenters. The Balaban J connectivity index is 1.40. The zero-order valence-corrected chi connectivity index (χ0v) is 19.0. The van der Waals surface area contributed by atoms with Crippen molar-refractivity contribution in [3.05, 3.63) is 77.7 Å². The van der Waals surface area contributed by atoms with E-state index >= 15 is 0 Å². The molecule has 2 aliphatic rings. The van der Waals surface area contributed by atoms with Crippen LogP contribution in [-0.2, 0) is 30.0 Å². The maximum Gasteiger partial charge on any atom is 0.259 e. The zero-order chi connectivity index (χ0) is 22.1. The minimum Gasteiger partial charge on any atom is -0.492 e. The third-order valence-corrected chi connectivity index (χ3v) is 7.71. The number of nitrogens with one attached hydrogen (secondary N) is 1. The second kappa shape index (κ2) is 8.69. The summed E-state index contributed by atoms with van der Waals surface area (Å²) in [6.45, 7) is 3.12. The first-order valence-electron chi connectivity index (χ1n) is 11.0. The molecule has 0 radical (unpaired) electrons. The summed E-state index contributed by atoms with van der Waals surface area (Å²) in [5, 5.41) is 0.0288. The molecule has 2 aliphatic heterocycles. The number of ether oxygens (including phenoxy) is 1. The van der Waals surface area contributed by atoms with Crippen LogP contribution in [0.3, 0.4) is 0 Å². The molecule has 0 bridgehead atoms. The normalized spacial score (nSPS) is 20.9. The van der Waals surface area contributed by atoms with Crippen LogP contribution >= 0.6 is 0 Å². The summed E-state index contributed by atoms with van der Waals surface area (Å²) >= 11 is 0. The van der Waals surface area contributed by atoms with Crippen molar-refractivity contribution in [1.29, 1.82) is 0 Å². The highest BCUT2D eigenvalue weighted by molar-refractivity contribution is 7.89. The molecule has 32 heavy (non-hydrogen) atoms. The van der Waals surface area contributed by atoms with Gasteiger partial charge in [-0.3, -0.25) is 4.90 Å². The quantitative estimate of drug-likeness (QED) is 0.597. The number of sulfonamides is 1. The Morgan fingerprint density at radius 2 is 1.94 bits per heavy atom. The standard InChI is InChI=1S/C24H28N4O3S/c1-27-15-24(25-17-27)32(29,30)26-14-19-8-9-23-21(13-19)20(12-18-6-3-2-4-7-18)22(16-31-23)28-10-5-11-28/h2-4,6-9,13,15,17,20,22,26H,5,10-12,14,16H2,1H3. The Hall–Kier alpha value is -2.68. The van der Waals surface area contributed by atoms with Crippen molar-refractivity contribution in [2.45, 2.75) is 36.4 Å². The first kappa shape index (κ1) is 21.2. The molecular formula is C24H28N4O3S. The molecule has 5 rings (SSSR count). The second-order valence-electron chi connectivity index (χ2n) is 8.64. The van der Waals surface area contributed by atoms with E-state index < -0.39 is 10.0 Å². The van der Waals surface area contributed by atoms with Gasteiger partial charge in [0.05, 0.1) is 12.4 Å². The summed E-state index contributed by atoms with van der Waals surface area (Å²) in [6, 6.07) is 16.9. The first-order valence-corrected chi connectivity index (χ1v) is 12.5. The number of likely N-dealkylation sites (tertiary alicyclic amines) is 1. The molecule has 0 aliphatic carbocycles. The molecule has 3 aromatic rings. The predicted molar refractivity (Wildman–Crippen MR) is 122 cm³/mol. The number of aryl methyl sites for hydroxylation is 1. The van der Waals surface area contributed by atoms with Gasteiger partial charge in [0.2, 0.25) is 0 Å². The fourth-order valence-corrected chi connectivity index (χ4v) is 5.55. The summed E-state index contributed by atoms with van der Waals surface area (Å²) < 4.78 is 35.6. The summed E-state index contributed by atoms with van der Waals surface area (Å²) in [6.07, 6.45) is 5.14. The maximum absolute atomic E-state index is 12.6. The molecule has 7 nitrogen and oxygen atoms in total. The number of benzene rings is 2. The van der Waals surface area contributed by atoms with Crippen LogP contribution in [0.4, 0.5) is 0 Å². The van der Waals surface area contributed by atoms with Gasteiger partial charge in [-0.2, -0.15) is 0 Å². The van der Waals surface area contributed by atoms with Gasteiger partial charge in [0, 0.05) is 25.7 Å². The zero-order valence-electron chi connectivity index (χ0n) is 18.1. The Morgan fingerprint density at radius 3 is 2.62 bits per heavy atom. The smallest absolute Gasteiger partial charge is 0.259 e. The van der Waals surface area contributed by atoms with Crippen LogP contribution in [0.25, 0.3) is 0 Å². The van der Waals surface area contributed by atoms with E-state index in [9.17, 15) is 8.42 Å². The summed E-state index contributed by atoms with van der Waals surface area (Å²) in [7, 11) is -1.91. The van der Waals surface area contributed by atoms with E-state index in [1.165, 1.54) is 24.5 Å². The highest BCUT2D eigenvalue weighted by Gasteiger charge is 2.37. The van der Waals surface area contributed by atoms with Crippen LogP contribution in [0.5, 0.6) is 5.75 Å². The van der Waals surface area contributed by atoms with Gasteiger partial charge < -0.3 is 9.30 Å². The van der Waals surface area contributed by atoms with Gasteiger partial charge in [0.25, 0.3) is 10.0 Å². The maximum atomic E-state index is 12.6. The van der Waals surface area contributed by atoms with Gasteiger partial charge >= 0.3 is 0 Å². The number of imidazole rings is 1. The number of hydrogen-bond acceptors (Lipinski definition) is 5. The summed E-state index contributed by atoms with van der Waals surface area (Å²) in [4.78, 5) is 6.47. The molecule has 2 aromatic carbocycles. The van der Waals surface area contributed by atoms with Crippen LogP contribution < -0.4 is 9.46 Å². The molecule has 0 amide bonds. The number of hydrogen-bond donors (Lipinski definition) is 1. The average molecular weight is 453 g/mol. The van der Waals surface area contributed by atoms with Crippen LogP contribution in [0.15, 0.2) is 66.1 Å². The minimum absolute atomic E-state index is 0.0288. The van der Waals surface area contributed by atoms with Gasteiger partial charge in [-0.15, -0.1) is 0 Å². The molecule has 1 saturated heterocycles. The van der Waals surface area contributed by atoms with Gasteiger partial charge in [-0.25, -0.2) is 18.1 Å². The van der Waals surface area contributed by atoms with Gasteiger partial charge in [-0.05, 0) is 48.7 Å². The van der Waals surface area contributed by atoms with Gasteiger partial charge in [0.1, 0.15) is 12.4 Å². The molecule has 8 heteroatoms. The fraction of sp³-hybridized carbons (Fsp3) is 0.375. The number of rotatable bonds is 7. The first-order chi connectivity index (χ1) is 15.5. The summed E-state index contributed by atoms with van der Waals surface area (Å²) in [5.74, 6) is 1.20. The third-order valence-electron chi connectivity index (χ3n) is 6.43. The van der Waals surface area contributed by atoms with E-state index in [2.05, 4.69) is 44.9 Å². The second-order valence-corrected chi connectivity index (χ2v) is 10.4. The lowest BCUT2D eigenvalue weighted by Gasteiger charge is -2.45. The fourth-order valence-electron chi connectivity index (χ4n) is 4.55. The van der Waals surface area contributed by atoms with Crippen LogP contribution in [-0.4, -0.2) is 48.6 Å². The highest BCUT2D eigenvalue weighted by Crippen LogP contribution is 2.40. The monoisotopic (exact) mass is 452 g/mol. The molecule has 0 spiro atoms. The third kappa shape index (κ3) is 4.30. The van der Waals surface area contributed by atoms with E-state index in [0.717, 1.165) is 36.4 Å². The Morgan fingerprint density at radius 1 is 1.12 bits per heavy atom. The highest BCUT2D eigenvalue weighted by atomic mass is 32.2. The molecule has 1 N–H and O–H groups in total. The molecule has 2 unspecified atom stereocenters. The lowest BCUT2D eigenvalue weighted by Crippen LogP contribution is -2.52. The largest absolute Gasteiger partial charge is 0.492 e. The van der Waals surface area contributed by atoms with Crippen molar-refractivity contribution in [3.63, 3.8) is 0 Å². The molecule has 1 fully saturated rings. The number of fused-ring (bicyclic) bond motifs is 1. The van der Waals surface area contributed by atoms with Gasteiger partial charge in [-0.1, -0.05) is 42.5 Å².